The fraction of sp³-hybridized carbons (Fsp3) is 0.267. The molecule has 1 aromatic carbocycles. The quantitative estimate of drug-likeness (QED) is 0.864. The van der Waals surface area contributed by atoms with E-state index in [-0.39, 0.29) is 5.91 Å². The highest BCUT2D eigenvalue weighted by molar-refractivity contribution is 5.94. The van der Waals surface area contributed by atoms with Gasteiger partial charge in [-0.3, -0.25) is 4.79 Å². The first-order chi connectivity index (χ1) is 9.24. The molecule has 0 atom stereocenters. The summed E-state index contributed by atoms with van der Waals surface area (Å²) in [6.45, 7) is 3.83. The van der Waals surface area contributed by atoms with Crippen LogP contribution in [0.5, 0.6) is 0 Å². The van der Waals surface area contributed by atoms with Gasteiger partial charge in [-0.2, -0.15) is 0 Å². The number of aromatic nitrogens is 1. The maximum absolute atomic E-state index is 11.6. The second-order valence-corrected chi connectivity index (χ2v) is 4.30. The van der Waals surface area contributed by atoms with E-state index < -0.39 is 0 Å². The molecular formula is C15H19N3O. The van der Waals surface area contributed by atoms with E-state index in [1.165, 1.54) is 5.69 Å². The number of hydrogen-bond acceptors (Lipinski definition) is 2. The largest absolute Gasteiger partial charge is 0.379 e. The fourth-order valence-corrected chi connectivity index (χ4v) is 2.03. The van der Waals surface area contributed by atoms with Gasteiger partial charge in [0.05, 0.1) is 6.54 Å². The van der Waals surface area contributed by atoms with E-state index in [4.69, 9.17) is 0 Å². The van der Waals surface area contributed by atoms with Gasteiger partial charge in [0.15, 0.2) is 0 Å². The Morgan fingerprint density at radius 2 is 2.11 bits per heavy atom. The first-order valence-electron chi connectivity index (χ1n) is 6.44. The molecule has 0 aliphatic rings. The predicted octanol–water partition coefficient (Wildman–Crippen LogP) is 2.48. The fourth-order valence-electron chi connectivity index (χ4n) is 2.03. The number of carbonyl (C=O) groups is 1. The third-order valence-corrected chi connectivity index (χ3v) is 3.09. The number of anilines is 1. The molecule has 1 amide bonds. The Kier molecular flexibility index (Phi) is 4.23. The molecule has 0 fully saturated rings. The monoisotopic (exact) mass is 257 g/mol. The Labute approximate surface area is 113 Å². The summed E-state index contributed by atoms with van der Waals surface area (Å²) in [7, 11) is 1.64. The minimum Gasteiger partial charge on any atom is -0.379 e. The van der Waals surface area contributed by atoms with E-state index in [1.54, 1.807) is 13.1 Å². The minimum absolute atomic E-state index is 0.0689. The van der Waals surface area contributed by atoms with Crippen molar-refractivity contribution in [2.24, 2.45) is 0 Å². The lowest BCUT2D eigenvalue weighted by molar-refractivity contribution is 0.0963. The average Bonchev–Trinajstić information content (AvgIpc) is 2.92. The number of nitrogens with zero attached hydrogens (tertiary/aromatic N) is 1. The van der Waals surface area contributed by atoms with Crippen LogP contribution >= 0.6 is 0 Å². The van der Waals surface area contributed by atoms with E-state index in [0.29, 0.717) is 5.56 Å². The van der Waals surface area contributed by atoms with E-state index in [0.717, 1.165) is 18.8 Å². The van der Waals surface area contributed by atoms with Crippen molar-refractivity contribution in [3.05, 3.63) is 53.9 Å². The second kappa shape index (κ2) is 6.09. The van der Waals surface area contributed by atoms with Gasteiger partial charge in [-0.15, -0.1) is 0 Å². The van der Waals surface area contributed by atoms with Crippen molar-refractivity contribution in [1.29, 1.82) is 0 Å². The number of amides is 1. The molecule has 0 unspecified atom stereocenters. The van der Waals surface area contributed by atoms with Gasteiger partial charge in [-0.1, -0.05) is 6.07 Å². The summed E-state index contributed by atoms with van der Waals surface area (Å²) in [6.07, 6.45) is 2.07. The van der Waals surface area contributed by atoms with E-state index in [2.05, 4.69) is 34.4 Å². The van der Waals surface area contributed by atoms with Crippen LogP contribution in [0, 0.1) is 0 Å². The summed E-state index contributed by atoms with van der Waals surface area (Å²) >= 11 is 0. The molecule has 19 heavy (non-hydrogen) atoms. The standard InChI is InChI=1S/C15H19N3O/c1-3-18-9-5-8-14(18)11-17-13-7-4-6-12(10-13)15(19)16-2/h4-10,17H,3,11H2,1-2H3,(H,16,19). The van der Waals surface area contributed by atoms with Gasteiger partial charge in [0.1, 0.15) is 0 Å². The van der Waals surface area contributed by atoms with Gasteiger partial charge in [0.25, 0.3) is 5.91 Å². The molecule has 0 spiro atoms. The van der Waals surface area contributed by atoms with Crippen LogP contribution in [0.2, 0.25) is 0 Å². The second-order valence-electron chi connectivity index (χ2n) is 4.30. The molecule has 0 aliphatic carbocycles. The summed E-state index contributed by atoms with van der Waals surface area (Å²) in [5.74, 6) is -0.0689. The Morgan fingerprint density at radius 1 is 1.26 bits per heavy atom. The van der Waals surface area contributed by atoms with Gasteiger partial charge in [0.2, 0.25) is 0 Å². The molecule has 0 saturated carbocycles. The lowest BCUT2D eigenvalue weighted by Gasteiger charge is -2.10. The summed E-state index contributed by atoms with van der Waals surface area (Å²) in [4.78, 5) is 11.6. The molecule has 100 valence electrons. The van der Waals surface area contributed by atoms with Crippen LogP contribution in [0.15, 0.2) is 42.6 Å². The Bertz CT molecular complexity index is 560. The summed E-state index contributed by atoms with van der Waals surface area (Å²) < 4.78 is 2.19. The smallest absolute Gasteiger partial charge is 0.251 e. The number of benzene rings is 1. The summed E-state index contributed by atoms with van der Waals surface area (Å²) in [6, 6.07) is 11.6. The number of rotatable bonds is 5. The SMILES string of the molecule is CCn1cccc1CNc1cccc(C(=O)NC)c1. The van der Waals surface area contributed by atoms with Crippen molar-refractivity contribution in [3.63, 3.8) is 0 Å². The van der Waals surface area contributed by atoms with Gasteiger partial charge < -0.3 is 15.2 Å². The van der Waals surface area contributed by atoms with Crippen LogP contribution in [-0.4, -0.2) is 17.5 Å². The van der Waals surface area contributed by atoms with Crippen molar-refractivity contribution in [3.8, 4) is 0 Å². The Balaban J connectivity index is 2.05. The molecular weight excluding hydrogens is 238 g/mol. The summed E-state index contributed by atoms with van der Waals surface area (Å²) in [5, 5.41) is 5.97. The maximum atomic E-state index is 11.6. The molecule has 2 N–H and O–H groups in total. The highest BCUT2D eigenvalue weighted by atomic mass is 16.1. The molecule has 2 rings (SSSR count). The van der Waals surface area contributed by atoms with Crippen LogP contribution in [0.25, 0.3) is 0 Å². The number of aryl methyl sites for hydroxylation is 1. The molecule has 0 aliphatic heterocycles. The van der Waals surface area contributed by atoms with E-state index >= 15 is 0 Å². The Morgan fingerprint density at radius 3 is 2.84 bits per heavy atom. The van der Waals surface area contributed by atoms with Gasteiger partial charge in [-0.25, -0.2) is 0 Å². The summed E-state index contributed by atoms with van der Waals surface area (Å²) in [5.41, 5.74) is 2.84. The molecule has 1 heterocycles. The molecule has 1 aromatic heterocycles. The van der Waals surface area contributed by atoms with E-state index in [1.807, 2.05) is 24.3 Å². The molecule has 0 bridgehead atoms. The third-order valence-electron chi connectivity index (χ3n) is 3.09. The van der Waals surface area contributed by atoms with Crippen molar-refractivity contribution in [2.45, 2.75) is 20.0 Å². The highest BCUT2D eigenvalue weighted by Crippen LogP contribution is 2.12. The predicted molar refractivity (Wildman–Crippen MR) is 77.3 cm³/mol. The Hall–Kier alpha value is -2.23. The van der Waals surface area contributed by atoms with Gasteiger partial charge in [0, 0.05) is 36.7 Å². The lowest BCUT2D eigenvalue weighted by atomic mass is 10.2. The van der Waals surface area contributed by atoms with Crippen LogP contribution in [0.4, 0.5) is 5.69 Å². The van der Waals surface area contributed by atoms with Crippen LogP contribution in [0.3, 0.4) is 0 Å². The highest BCUT2D eigenvalue weighted by Gasteiger charge is 2.04. The molecule has 2 aromatic rings. The number of hydrogen-bond donors (Lipinski definition) is 2. The third kappa shape index (κ3) is 3.16. The number of carbonyl (C=O) groups excluding carboxylic acids is 1. The normalized spacial score (nSPS) is 10.2. The molecule has 4 heteroatoms. The molecule has 0 radical (unpaired) electrons. The number of nitrogens with one attached hydrogen (secondary N) is 2. The van der Waals surface area contributed by atoms with Gasteiger partial charge >= 0.3 is 0 Å². The molecule has 4 nitrogen and oxygen atoms in total. The van der Waals surface area contributed by atoms with Crippen molar-refractivity contribution in [2.75, 3.05) is 12.4 Å². The first-order valence-corrected chi connectivity index (χ1v) is 6.44. The first kappa shape index (κ1) is 13.2. The van der Waals surface area contributed by atoms with Crippen molar-refractivity contribution in [1.82, 2.24) is 9.88 Å². The average molecular weight is 257 g/mol. The van der Waals surface area contributed by atoms with Crippen molar-refractivity contribution >= 4 is 11.6 Å². The topological polar surface area (TPSA) is 46.1 Å². The zero-order valence-electron chi connectivity index (χ0n) is 11.3. The van der Waals surface area contributed by atoms with Crippen LogP contribution in [0.1, 0.15) is 23.0 Å². The zero-order valence-corrected chi connectivity index (χ0v) is 11.3. The minimum atomic E-state index is -0.0689. The zero-order chi connectivity index (χ0) is 13.7. The maximum Gasteiger partial charge on any atom is 0.251 e. The van der Waals surface area contributed by atoms with E-state index in [9.17, 15) is 4.79 Å². The lowest BCUT2D eigenvalue weighted by Crippen LogP contribution is -2.17. The van der Waals surface area contributed by atoms with Gasteiger partial charge in [-0.05, 0) is 37.3 Å². The van der Waals surface area contributed by atoms with Crippen LogP contribution < -0.4 is 10.6 Å². The van der Waals surface area contributed by atoms with Crippen molar-refractivity contribution < 1.29 is 4.79 Å². The molecule has 0 saturated heterocycles. The van der Waals surface area contributed by atoms with Crippen LogP contribution in [-0.2, 0) is 13.1 Å².